The summed E-state index contributed by atoms with van der Waals surface area (Å²) in [5.41, 5.74) is 1.51. The lowest BCUT2D eigenvalue weighted by Crippen LogP contribution is -2.39. The van der Waals surface area contributed by atoms with Crippen LogP contribution in [0.4, 0.5) is 11.4 Å². The molecule has 30 heavy (non-hydrogen) atoms. The molecule has 0 spiro atoms. The van der Waals surface area contributed by atoms with Crippen molar-refractivity contribution in [3.63, 3.8) is 0 Å². The normalized spacial score (nSPS) is 12.9. The number of carbonyl (C=O) groups excluding carboxylic acids is 2. The highest BCUT2D eigenvalue weighted by Gasteiger charge is 2.27. The number of furan rings is 2. The predicted molar refractivity (Wildman–Crippen MR) is 117 cm³/mol. The maximum absolute atomic E-state index is 13.0. The number of hydrogen-bond donors (Lipinski definition) is 0. The number of nitrogens with zero attached hydrogens (tertiary/aromatic N) is 2. The zero-order valence-electron chi connectivity index (χ0n) is 17.9. The fourth-order valence-corrected chi connectivity index (χ4v) is 3.32. The van der Waals surface area contributed by atoms with Crippen LogP contribution in [0.25, 0.3) is 0 Å². The quantitative estimate of drug-likeness (QED) is 0.475. The molecule has 0 saturated carbocycles. The standard InChI is InChI=1S/C24H28N2O4/c1-5-17(3)25(23(27)21-9-7-15-29-21)19-11-13-20(14-12-19)26(18(4)6-2)24(28)22-10-8-16-30-22/h7-18H,5-6H2,1-4H3/t17-,18+. The summed E-state index contributed by atoms with van der Waals surface area (Å²) in [6.07, 6.45) is 4.58. The van der Waals surface area contributed by atoms with E-state index < -0.39 is 0 Å². The highest BCUT2D eigenvalue weighted by atomic mass is 16.3. The number of hydrogen-bond acceptors (Lipinski definition) is 4. The summed E-state index contributed by atoms with van der Waals surface area (Å²) < 4.78 is 10.6. The molecule has 0 bridgehead atoms. The highest BCUT2D eigenvalue weighted by molar-refractivity contribution is 6.06. The fraction of sp³-hybridized carbons (Fsp3) is 0.333. The van der Waals surface area contributed by atoms with E-state index in [4.69, 9.17) is 8.83 Å². The van der Waals surface area contributed by atoms with Gasteiger partial charge in [-0.15, -0.1) is 0 Å². The van der Waals surface area contributed by atoms with Gasteiger partial charge in [-0.1, -0.05) is 13.8 Å². The van der Waals surface area contributed by atoms with E-state index in [1.165, 1.54) is 12.5 Å². The molecule has 0 unspecified atom stereocenters. The lowest BCUT2D eigenvalue weighted by molar-refractivity contribution is 0.0943. The van der Waals surface area contributed by atoms with Crippen LogP contribution >= 0.6 is 0 Å². The number of amides is 2. The molecule has 1 aromatic carbocycles. The third-order valence-electron chi connectivity index (χ3n) is 5.37. The Morgan fingerprint density at radius 1 is 0.733 bits per heavy atom. The molecule has 0 aliphatic carbocycles. The van der Waals surface area contributed by atoms with Gasteiger partial charge in [0, 0.05) is 23.5 Å². The van der Waals surface area contributed by atoms with Crippen molar-refractivity contribution in [3.05, 3.63) is 72.6 Å². The second kappa shape index (κ2) is 9.48. The average molecular weight is 408 g/mol. The van der Waals surface area contributed by atoms with Gasteiger partial charge in [0.05, 0.1) is 12.5 Å². The fourth-order valence-electron chi connectivity index (χ4n) is 3.32. The topological polar surface area (TPSA) is 66.9 Å². The third-order valence-corrected chi connectivity index (χ3v) is 5.37. The van der Waals surface area contributed by atoms with Gasteiger partial charge < -0.3 is 18.6 Å². The van der Waals surface area contributed by atoms with E-state index in [0.717, 1.165) is 24.2 Å². The molecule has 0 aliphatic rings. The molecule has 0 radical (unpaired) electrons. The van der Waals surface area contributed by atoms with Crippen molar-refractivity contribution in [2.75, 3.05) is 9.80 Å². The van der Waals surface area contributed by atoms with Crippen LogP contribution in [0.5, 0.6) is 0 Å². The van der Waals surface area contributed by atoms with Crippen LogP contribution in [-0.4, -0.2) is 23.9 Å². The third kappa shape index (κ3) is 4.32. The van der Waals surface area contributed by atoms with Crippen molar-refractivity contribution >= 4 is 23.2 Å². The number of carbonyl (C=O) groups is 2. The largest absolute Gasteiger partial charge is 0.459 e. The van der Waals surface area contributed by atoms with E-state index in [9.17, 15) is 9.59 Å². The number of rotatable bonds is 8. The van der Waals surface area contributed by atoms with Gasteiger partial charge >= 0.3 is 0 Å². The minimum atomic E-state index is -0.187. The van der Waals surface area contributed by atoms with Gasteiger partial charge in [-0.2, -0.15) is 0 Å². The Hall–Kier alpha value is -3.28. The van der Waals surface area contributed by atoms with Crippen molar-refractivity contribution in [3.8, 4) is 0 Å². The Kier molecular flexibility index (Phi) is 6.77. The molecule has 3 aromatic rings. The molecule has 6 nitrogen and oxygen atoms in total. The zero-order valence-corrected chi connectivity index (χ0v) is 17.9. The first kappa shape index (κ1) is 21.4. The predicted octanol–water partition coefficient (Wildman–Crippen LogP) is 5.76. The van der Waals surface area contributed by atoms with Crippen molar-refractivity contribution in [1.82, 2.24) is 0 Å². The molecule has 0 N–H and O–H groups in total. The molecular formula is C24H28N2O4. The Labute approximate surface area is 177 Å². The van der Waals surface area contributed by atoms with E-state index in [0.29, 0.717) is 11.5 Å². The summed E-state index contributed by atoms with van der Waals surface area (Å²) in [6.45, 7) is 8.07. The molecule has 6 heteroatoms. The van der Waals surface area contributed by atoms with Gasteiger partial charge in [-0.3, -0.25) is 9.59 Å². The average Bonchev–Trinajstić information content (AvgIpc) is 3.48. The summed E-state index contributed by atoms with van der Waals surface area (Å²) in [4.78, 5) is 29.5. The second-order valence-electron chi connectivity index (χ2n) is 7.34. The van der Waals surface area contributed by atoms with Crippen molar-refractivity contribution in [2.24, 2.45) is 0 Å². The number of benzene rings is 1. The Morgan fingerprint density at radius 3 is 1.37 bits per heavy atom. The van der Waals surface area contributed by atoms with Crippen LogP contribution in [0.1, 0.15) is 61.6 Å². The van der Waals surface area contributed by atoms with Crippen molar-refractivity contribution in [1.29, 1.82) is 0 Å². The minimum absolute atomic E-state index is 0.0103. The van der Waals surface area contributed by atoms with E-state index in [2.05, 4.69) is 0 Å². The minimum Gasteiger partial charge on any atom is -0.459 e. The van der Waals surface area contributed by atoms with Crippen molar-refractivity contribution < 1.29 is 18.4 Å². The molecule has 2 amide bonds. The van der Waals surface area contributed by atoms with Gasteiger partial charge in [-0.05, 0) is 75.2 Å². The maximum atomic E-state index is 13.0. The Bertz CT molecular complexity index is 867. The zero-order chi connectivity index (χ0) is 21.7. The summed E-state index contributed by atoms with van der Waals surface area (Å²) >= 11 is 0. The summed E-state index contributed by atoms with van der Waals surface area (Å²) in [7, 11) is 0. The van der Waals surface area contributed by atoms with Crippen LogP contribution in [0.15, 0.2) is 69.9 Å². The molecule has 2 heterocycles. The SMILES string of the molecule is CC[C@@H](C)N(C(=O)c1ccco1)c1ccc(N(C(=O)c2ccco2)[C@@H](C)CC)cc1. The molecule has 2 aromatic heterocycles. The van der Waals surface area contributed by atoms with Gasteiger partial charge in [0.2, 0.25) is 0 Å². The first-order valence-corrected chi connectivity index (χ1v) is 10.3. The summed E-state index contributed by atoms with van der Waals surface area (Å²) in [5, 5.41) is 0. The highest BCUT2D eigenvalue weighted by Crippen LogP contribution is 2.28. The van der Waals surface area contributed by atoms with E-state index >= 15 is 0 Å². The van der Waals surface area contributed by atoms with Gasteiger partial charge in [0.15, 0.2) is 11.5 Å². The van der Waals surface area contributed by atoms with Crippen molar-refractivity contribution in [2.45, 2.75) is 52.6 Å². The Balaban J connectivity index is 1.93. The van der Waals surface area contributed by atoms with Crippen LogP contribution < -0.4 is 9.80 Å². The van der Waals surface area contributed by atoms with E-state index in [-0.39, 0.29) is 23.9 Å². The van der Waals surface area contributed by atoms with E-state index in [1.807, 2.05) is 52.0 Å². The molecule has 0 fully saturated rings. The van der Waals surface area contributed by atoms with Crippen LogP contribution in [0.2, 0.25) is 0 Å². The van der Waals surface area contributed by atoms with Gasteiger partial charge in [-0.25, -0.2) is 0 Å². The molecule has 0 saturated heterocycles. The first-order valence-electron chi connectivity index (χ1n) is 10.3. The smallest absolute Gasteiger partial charge is 0.294 e. The lowest BCUT2D eigenvalue weighted by atomic mass is 10.1. The molecule has 3 rings (SSSR count). The summed E-state index contributed by atoms with van der Waals surface area (Å²) in [6, 6.07) is 14.2. The van der Waals surface area contributed by atoms with Gasteiger partial charge in [0.25, 0.3) is 11.8 Å². The van der Waals surface area contributed by atoms with E-state index in [1.54, 1.807) is 34.1 Å². The first-order chi connectivity index (χ1) is 14.5. The molecular weight excluding hydrogens is 380 g/mol. The summed E-state index contributed by atoms with van der Waals surface area (Å²) in [5.74, 6) is 0.224. The van der Waals surface area contributed by atoms with Crippen LogP contribution in [0.3, 0.4) is 0 Å². The Morgan fingerprint density at radius 2 is 1.10 bits per heavy atom. The molecule has 0 aliphatic heterocycles. The van der Waals surface area contributed by atoms with Crippen LogP contribution in [0, 0.1) is 0 Å². The maximum Gasteiger partial charge on any atom is 0.294 e. The number of anilines is 2. The second-order valence-corrected chi connectivity index (χ2v) is 7.34. The van der Waals surface area contributed by atoms with Crippen LogP contribution in [-0.2, 0) is 0 Å². The molecule has 158 valence electrons. The monoisotopic (exact) mass is 408 g/mol. The van der Waals surface area contributed by atoms with Gasteiger partial charge in [0.1, 0.15) is 0 Å². The molecule has 2 atom stereocenters. The lowest BCUT2D eigenvalue weighted by Gasteiger charge is -2.30.